The number of hydrogen-bond acceptors (Lipinski definition) is 9. The highest BCUT2D eigenvalue weighted by molar-refractivity contribution is 7.89. The molecule has 1 aliphatic heterocycles. The molecule has 1 heterocycles. The fraction of sp³-hybridized carbons (Fsp3) is 0.737. The van der Waals surface area contributed by atoms with Gasteiger partial charge in [0.1, 0.15) is 11.6 Å². The summed E-state index contributed by atoms with van der Waals surface area (Å²) in [5, 5.41) is 33.0. The van der Waals surface area contributed by atoms with E-state index in [1.807, 2.05) is 30.3 Å². The Morgan fingerprint density at radius 3 is 2.26 bits per heavy atom. The number of benzene rings is 1. The maximum absolute atomic E-state index is 13.5. The van der Waals surface area contributed by atoms with Crippen molar-refractivity contribution in [2.24, 2.45) is 5.92 Å². The minimum atomic E-state index is -3.53. The Balaban J connectivity index is 1.55. The Hall–Kier alpha value is -3.47. The van der Waals surface area contributed by atoms with Gasteiger partial charge in [0.25, 0.3) is 0 Å². The number of ether oxygens (including phenoxy) is 1. The number of aliphatic hydroxyl groups is 2. The quantitative estimate of drug-likeness (QED) is 0.110. The summed E-state index contributed by atoms with van der Waals surface area (Å²) in [6.45, 7) is 7.63. The number of carbonyl (C=O) groups excluding carboxylic acids is 4. The fourth-order valence-electron chi connectivity index (χ4n) is 6.89. The molecule has 1 aromatic carbocycles. The number of likely N-dealkylation sites (tertiary alicyclic amines) is 1. The molecule has 0 bridgehead atoms. The number of aliphatic hydroxyl groups excluding tert-OH is 2. The Morgan fingerprint density at radius 2 is 1.63 bits per heavy atom. The molecule has 1 aromatic rings. The van der Waals surface area contributed by atoms with Gasteiger partial charge in [-0.15, -0.1) is 0 Å². The summed E-state index contributed by atoms with van der Waals surface area (Å²) < 4.78 is 31.8. The smallest absolute Gasteiger partial charge is 0.407 e. The van der Waals surface area contributed by atoms with E-state index in [2.05, 4.69) is 26.0 Å². The van der Waals surface area contributed by atoms with Crippen molar-refractivity contribution in [2.45, 2.75) is 141 Å². The van der Waals surface area contributed by atoms with Crippen LogP contribution < -0.4 is 26.0 Å². The molecule has 2 fully saturated rings. The van der Waals surface area contributed by atoms with Gasteiger partial charge in [0, 0.05) is 51.5 Å². The molecule has 0 spiro atoms. The highest BCUT2D eigenvalue weighted by Crippen LogP contribution is 2.28. The third kappa shape index (κ3) is 17.3. The SMILES string of the molecule is CCCS(=O)(=O)NC[C@@H](O)C[C@H](O)[C@H](CC1CCCCC1)NC(=O)CCNC(=O)[C@H](Cc1ccccc1)NC(=O)N1CCC(NC(=O)OC(C)(C)C)CC1. The summed E-state index contributed by atoms with van der Waals surface area (Å²) in [7, 11) is -3.53. The lowest BCUT2D eigenvalue weighted by Crippen LogP contribution is -2.55. The molecule has 7 N–H and O–H groups in total. The number of amides is 5. The second kappa shape index (κ2) is 22.2. The van der Waals surface area contributed by atoms with E-state index in [1.54, 1.807) is 32.6 Å². The number of carbonyl (C=O) groups is 4. The van der Waals surface area contributed by atoms with E-state index in [1.165, 1.54) is 0 Å². The van der Waals surface area contributed by atoms with E-state index >= 15 is 0 Å². The molecule has 0 radical (unpaired) electrons. The van der Waals surface area contributed by atoms with Crippen LogP contribution >= 0.6 is 0 Å². The normalized spacial score (nSPS) is 18.1. The van der Waals surface area contributed by atoms with Gasteiger partial charge in [0.05, 0.1) is 24.0 Å². The average molecular weight is 781 g/mol. The molecular formula is C38H64N6O9S. The number of piperidine rings is 1. The van der Waals surface area contributed by atoms with Crippen molar-refractivity contribution >= 4 is 34.0 Å². The minimum absolute atomic E-state index is 0.0123. The number of sulfonamides is 1. The Labute approximate surface area is 321 Å². The standard InChI is InChI=1S/C38H64N6O9S/c1-5-22-54(51,52)40-26-30(45)25-33(46)31(23-27-12-8-6-9-13-27)42-34(47)16-19-39-35(48)32(24-28-14-10-7-11-15-28)43-36(49)44-20-17-29(18-21-44)41-37(50)53-38(2,3)4/h7,10-11,14-15,27,29-33,40,45-46H,5-6,8-9,12-13,16-26H2,1-4H3,(H,39,48)(H,41,50)(H,42,47)(H,43,49)/t30-,31-,32-,33-/m0/s1. The third-order valence-corrected chi connectivity index (χ3v) is 11.3. The van der Waals surface area contributed by atoms with Gasteiger partial charge >= 0.3 is 12.1 Å². The van der Waals surface area contributed by atoms with Gasteiger partial charge < -0.3 is 41.1 Å². The minimum Gasteiger partial charge on any atom is -0.444 e. The molecule has 2 aliphatic rings. The first-order chi connectivity index (χ1) is 25.5. The van der Waals surface area contributed by atoms with Crippen molar-refractivity contribution in [3.8, 4) is 0 Å². The van der Waals surface area contributed by atoms with Crippen molar-refractivity contribution in [1.29, 1.82) is 0 Å². The monoisotopic (exact) mass is 780 g/mol. The zero-order valence-electron chi connectivity index (χ0n) is 32.5. The van der Waals surface area contributed by atoms with E-state index in [0.29, 0.717) is 44.7 Å². The van der Waals surface area contributed by atoms with Crippen molar-refractivity contribution in [1.82, 2.24) is 30.9 Å². The number of rotatable bonds is 19. The summed E-state index contributed by atoms with van der Waals surface area (Å²) >= 11 is 0. The van der Waals surface area contributed by atoms with Crippen LogP contribution in [0, 0.1) is 5.92 Å². The molecule has 1 aliphatic carbocycles. The predicted molar refractivity (Wildman–Crippen MR) is 206 cm³/mol. The van der Waals surface area contributed by atoms with Crippen LogP contribution in [0.3, 0.4) is 0 Å². The number of nitrogens with zero attached hydrogens (tertiary/aromatic N) is 1. The Kier molecular flexibility index (Phi) is 18.4. The van der Waals surface area contributed by atoms with E-state index in [4.69, 9.17) is 4.74 Å². The van der Waals surface area contributed by atoms with Crippen LogP contribution in [0.15, 0.2) is 30.3 Å². The fourth-order valence-corrected chi connectivity index (χ4v) is 8.01. The summed E-state index contributed by atoms with van der Waals surface area (Å²) in [5.74, 6) is -0.602. The first kappa shape index (κ1) is 44.9. The van der Waals surface area contributed by atoms with E-state index in [9.17, 15) is 37.8 Å². The van der Waals surface area contributed by atoms with Crippen LogP contribution in [-0.2, 0) is 30.8 Å². The zero-order valence-corrected chi connectivity index (χ0v) is 33.3. The summed E-state index contributed by atoms with van der Waals surface area (Å²) in [4.78, 5) is 53.8. The molecule has 54 heavy (non-hydrogen) atoms. The van der Waals surface area contributed by atoms with Crippen molar-refractivity contribution in [3.63, 3.8) is 0 Å². The highest BCUT2D eigenvalue weighted by atomic mass is 32.2. The Bertz CT molecular complexity index is 1430. The van der Waals surface area contributed by atoms with E-state index in [0.717, 1.165) is 37.7 Å². The van der Waals surface area contributed by atoms with Gasteiger partial charge in [-0.1, -0.05) is 69.4 Å². The second-order valence-corrected chi connectivity index (χ2v) is 17.6. The molecule has 0 unspecified atom stereocenters. The maximum Gasteiger partial charge on any atom is 0.407 e. The van der Waals surface area contributed by atoms with Crippen LogP contribution in [0.1, 0.15) is 104 Å². The molecule has 1 saturated heterocycles. The molecule has 1 saturated carbocycles. The van der Waals surface area contributed by atoms with Gasteiger partial charge in [-0.05, 0) is 57.9 Å². The maximum atomic E-state index is 13.5. The number of alkyl carbamates (subject to hydrolysis) is 1. The van der Waals surface area contributed by atoms with Gasteiger partial charge in [0.2, 0.25) is 21.8 Å². The van der Waals surface area contributed by atoms with Crippen molar-refractivity contribution < 1.29 is 42.5 Å². The summed E-state index contributed by atoms with van der Waals surface area (Å²) in [6.07, 6.45) is 4.52. The third-order valence-electron chi connectivity index (χ3n) is 9.70. The molecule has 16 heteroatoms. The van der Waals surface area contributed by atoms with Crippen LogP contribution in [0.4, 0.5) is 9.59 Å². The molecule has 3 rings (SSSR count). The first-order valence-corrected chi connectivity index (χ1v) is 21.2. The lowest BCUT2D eigenvalue weighted by Gasteiger charge is -2.33. The van der Waals surface area contributed by atoms with Gasteiger partial charge in [-0.2, -0.15) is 0 Å². The molecule has 15 nitrogen and oxygen atoms in total. The lowest BCUT2D eigenvalue weighted by atomic mass is 9.83. The van der Waals surface area contributed by atoms with Crippen LogP contribution in [0.25, 0.3) is 0 Å². The zero-order chi connectivity index (χ0) is 39.7. The topological polar surface area (TPSA) is 216 Å². The van der Waals surface area contributed by atoms with Crippen molar-refractivity contribution in [3.05, 3.63) is 35.9 Å². The number of hydrogen-bond donors (Lipinski definition) is 7. The first-order valence-electron chi connectivity index (χ1n) is 19.5. The number of urea groups is 1. The number of nitrogens with one attached hydrogen (secondary N) is 5. The van der Waals surface area contributed by atoms with Gasteiger partial charge in [-0.3, -0.25) is 9.59 Å². The molecular weight excluding hydrogens is 717 g/mol. The van der Waals surface area contributed by atoms with E-state index in [-0.39, 0.29) is 50.1 Å². The van der Waals surface area contributed by atoms with E-state index < -0.39 is 57.9 Å². The predicted octanol–water partition coefficient (Wildman–Crippen LogP) is 2.70. The Morgan fingerprint density at radius 1 is 0.963 bits per heavy atom. The van der Waals surface area contributed by atoms with Crippen LogP contribution in [0.5, 0.6) is 0 Å². The summed E-state index contributed by atoms with van der Waals surface area (Å²) in [6, 6.07) is 7.16. The molecule has 5 amide bonds. The van der Waals surface area contributed by atoms with Gasteiger partial charge in [-0.25, -0.2) is 22.7 Å². The molecule has 0 aromatic heterocycles. The molecule has 306 valence electrons. The molecule has 4 atom stereocenters. The lowest BCUT2D eigenvalue weighted by molar-refractivity contribution is -0.124. The van der Waals surface area contributed by atoms with Gasteiger partial charge in [0.15, 0.2) is 0 Å². The average Bonchev–Trinajstić information content (AvgIpc) is 3.10. The second-order valence-electron chi connectivity index (χ2n) is 15.7. The van der Waals surface area contributed by atoms with Crippen molar-refractivity contribution in [2.75, 3.05) is 31.9 Å². The van der Waals surface area contributed by atoms with Crippen LogP contribution in [-0.4, -0.2) is 115 Å². The highest BCUT2D eigenvalue weighted by Gasteiger charge is 2.30. The largest absolute Gasteiger partial charge is 0.444 e. The van der Waals surface area contributed by atoms with Crippen LogP contribution in [0.2, 0.25) is 0 Å². The summed E-state index contributed by atoms with van der Waals surface area (Å²) in [5.41, 5.74) is 0.227.